The van der Waals surface area contributed by atoms with Gasteiger partial charge in [-0.15, -0.1) is 0 Å². The van der Waals surface area contributed by atoms with E-state index in [1.807, 2.05) is 6.08 Å². The molecule has 1 unspecified atom stereocenters. The van der Waals surface area contributed by atoms with Crippen molar-refractivity contribution >= 4 is 23.1 Å². The molecule has 36 heavy (non-hydrogen) atoms. The van der Waals surface area contributed by atoms with Crippen molar-refractivity contribution in [3.8, 4) is 28.7 Å². The van der Waals surface area contributed by atoms with Gasteiger partial charge in [0, 0.05) is 23.8 Å². The van der Waals surface area contributed by atoms with E-state index in [4.69, 9.17) is 14.3 Å². The molecule has 0 spiro atoms. The fraction of sp³-hybridized carbons (Fsp3) is 0.207. The SMILES string of the molecule is Cc1cc(=O)c2c(O)c3c(cc2o1)OCC(C)CC3.Oc1ccc(C=Cc2cc(O)cc(O)c2)cc1. The molecule has 5 rings (SSSR count). The van der Waals surface area contributed by atoms with Crippen LogP contribution in [-0.4, -0.2) is 27.0 Å². The summed E-state index contributed by atoms with van der Waals surface area (Å²) in [6.07, 6.45) is 5.24. The molecule has 1 aliphatic rings. The molecule has 7 nitrogen and oxygen atoms in total. The summed E-state index contributed by atoms with van der Waals surface area (Å²) >= 11 is 0. The lowest BCUT2D eigenvalue weighted by Crippen LogP contribution is -2.05. The minimum atomic E-state index is -0.212. The molecular formula is C29H28O7. The largest absolute Gasteiger partial charge is 0.508 e. The number of fused-ring (bicyclic) bond motifs is 2. The van der Waals surface area contributed by atoms with E-state index in [0.717, 1.165) is 12.0 Å². The third-order valence-corrected chi connectivity index (χ3v) is 5.88. The van der Waals surface area contributed by atoms with Gasteiger partial charge in [-0.3, -0.25) is 4.79 Å². The Morgan fingerprint density at radius 2 is 1.53 bits per heavy atom. The summed E-state index contributed by atoms with van der Waals surface area (Å²) in [5.74, 6) is 1.86. The van der Waals surface area contributed by atoms with Gasteiger partial charge >= 0.3 is 0 Å². The molecule has 186 valence electrons. The highest BCUT2D eigenvalue weighted by Crippen LogP contribution is 2.38. The fourth-order valence-corrected chi connectivity index (χ4v) is 4.01. The number of ether oxygens (including phenoxy) is 1. The highest BCUT2D eigenvalue weighted by Gasteiger charge is 2.21. The number of aromatic hydroxyl groups is 4. The van der Waals surface area contributed by atoms with Crippen LogP contribution in [0.3, 0.4) is 0 Å². The van der Waals surface area contributed by atoms with E-state index in [2.05, 4.69) is 6.92 Å². The first-order chi connectivity index (χ1) is 17.2. The van der Waals surface area contributed by atoms with E-state index in [9.17, 15) is 20.1 Å². The van der Waals surface area contributed by atoms with Crippen molar-refractivity contribution in [2.45, 2.75) is 26.7 Å². The molecule has 4 N–H and O–H groups in total. The van der Waals surface area contributed by atoms with E-state index >= 15 is 0 Å². The van der Waals surface area contributed by atoms with Crippen LogP contribution in [0.2, 0.25) is 0 Å². The van der Waals surface area contributed by atoms with Crippen LogP contribution in [0.5, 0.6) is 28.7 Å². The Balaban J connectivity index is 0.000000170. The van der Waals surface area contributed by atoms with Crippen LogP contribution in [0.15, 0.2) is 63.8 Å². The molecule has 1 atom stereocenters. The third kappa shape index (κ3) is 5.81. The molecule has 1 aliphatic heterocycles. The van der Waals surface area contributed by atoms with Gasteiger partial charge in [0.1, 0.15) is 45.5 Å². The van der Waals surface area contributed by atoms with Crippen molar-refractivity contribution in [2.24, 2.45) is 5.92 Å². The van der Waals surface area contributed by atoms with Gasteiger partial charge in [0.25, 0.3) is 0 Å². The zero-order valence-electron chi connectivity index (χ0n) is 20.1. The highest BCUT2D eigenvalue weighted by molar-refractivity contribution is 5.87. The minimum Gasteiger partial charge on any atom is -0.508 e. The number of benzene rings is 3. The quantitative estimate of drug-likeness (QED) is 0.266. The summed E-state index contributed by atoms with van der Waals surface area (Å²) in [5, 5.41) is 38.3. The molecule has 3 aromatic carbocycles. The normalized spacial score (nSPS) is 15.0. The van der Waals surface area contributed by atoms with E-state index in [-0.39, 0.29) is 33.8 Å². The summed E-state index contributed by atoms with van der Waals surface area (Å²) in [7, 11) is 0. The standard InChI is InChI=1S/C15H16O4.C14H12O3/c1-8-3-4-10-12(18-7-8)6-13-14(15(10)17)11(16)5-9(2)19-13;15-12-5-3-10(4-6-12)1-2-11-7-13(16)9-14(17)8-11/h5-6,8,17H,3-4,7H2,1-2H3;1-9,15-17H. The predicted molar refractivity (Wildman–Crippen MR) is 139 cm³/mol. The van der Waals surface area contributed by atoms with Gasteiger partial charge in [-0.2, -0.15) is 0 Å². The van der Waals surface area contributed by atoms with Crippen molar-refractivity contribution in [1.82, 2.24) is 0 Å². The number of hydrogen-bond acceptors (Lipinski definition) is 7. The van der Waals surface area contributed by atoms with E-state index in [1.165, 1.54) is 12.1 Å². The zero-order valence-corrected chi connectivity index (χ0v) is 20.1. The Kier molecular flexibility index (Phi) is 7.20. The van der Waals surface area contributed by atoms with Crippen LogP contribution in [0.4, 0.5) is 0 Å². The lowest BCUT2D eigenvalue weighted by Gasteiger charge is -2.11. The van der Waals surface area contributed by atoms with Crippen LogP contribution in [0.1, 0.15) is 35.8 Å². The van der Waals surface area contributed by atoms with Crippen LogP contribution < -0.4 is 10.2 Å². The van der Waals surface area contributed by atoms with Crippen molar-refractivity contribution < 1.29 is 29.6 Å². The third-order valence-electron chi connectivity index (χ3n) is 5.88. The number of aryl methyl sites for hydroxylation is 1. The van der Waals surface area contributed by atoms with Crippen LogP contribution >= 0.6 is 0 Å². The van der Waals surface area contributed by atoms with Gasteiger partial charge in [-0.1, -0.05) is 31.2 Å². The summed E-state index contributed by atoms with van der Waals surface area (Å²) in [4.78, 5) is 12.0. The molecule has 7 heteroatoms. The average Bonchev–Trinajstić information content (AvgIpc) is 3.00. The summed E-state index contributed by atoms with van der Waals surface area (Å²) < 4.78 is 11.2. The monoisotopic (exact) mass is 488 g/mol. The maximum atomic E-state index is 12.0. The average molecular weight is 489 g/mol. The number of rotatable bonds is 2. The first-order valence-electron chi connectivity index (χ1n) is 11.6. The van der Waals surface area contributed by atoms with Crippen molar-refractivity contribution in [2.75, 3.05) is 6.61 Å². The molecule has 0 saturated heterocycles. The van der Waals surface area contributed by atoms with Crippen molar-refractivity contribution in [3.05, 3.63) is 87.3 Å². The Morgan fingerprint density at radius 3 is 2.22 bits per heavy atom. The summed E-state index contributed by atoms with van der Waals surface area (Å²) in [5.41, 5.74) is 2.52. The highest BCUT2D eigenvalue weighted by atomic mass is 16.5. The second-order valence-corrected chi connectivity index (χ2v) is 8.96. The maximum Gasteiger partial charge on any atom is 0.196 e. The maximum absolute atomic E-state index is 12.0. The lowest BCUT2D eigenvalue weighted by molar-refractivity contribution is 0.265. The molecule has 0 amide bonds. The lowest BCUT2D eigenvalue weighted by atomic mass is 10.00. The molecular weight excluding hydrogens is 460 g/mol. The smallest absolute Gasteiger partial charge is 0.196 e. The predicted octanol–water partition coefficient (Wildman–Crippen LogP) is 5.74. The van der Waals surface area contributed by atoms with E-state index in [1.54, 1.807) is 55.5 Å². The molecule has 1 aromatic heterocycles. The molecule has 0 bridgehead atoms. The van der Waals surface area contributed by atoms with Crippen molar-refractivity contribution in [3.63, 3.8) is 0 Å². The fourth-order valence-electron chi connectivity index (χ4n) is 4.01. The molecule has 0 radical (unpaired) electrons. The summed E-state index contributed by atoms with van der Waals surface area (Å²) in [6.45, 7) is 4.44. The molecule has 2 heterocycles. The topological polar surface area (TPSA) is 120 Å². The molecule has 0 saturated carbocycles. The van der Waals surface area contributed by atoms with Gasteiger partial charge in [-0.05, 0) is 61.1 Å². The van der Waals surface area contributed by atoms with E-state index in [0.29, 0.717) is 47.2 Å². The van der Waals surface area contributed by atoms with Gasteiger partial charge < -0.3 is 29.6 Å². The first kappa shape index (κ1) is 24.7. The van der Waals surface area contributed by atoms with Crippen LogP contribution in [-0.2, 0) is 6.42 Å². The zero-order chi connectivity index (χ0) is 25.8. The Bertz CT molecular complexity index is 1450. The first-order valence-corrected chi connectivity index (χ1v) is 11.6. The van der Waals surface area contributed by atoms with Gasteiger partial charge in [0.05, 0.1) is 6.61 Å². The number of phenols is 4. The molecule has 4 aromatic rings. The Labute approximate surface area is 208 Å². The second-order valence-electron chi connectivity index (χ2n) is 8.96. The van der Waals surface area contributed by atoms with Gasteiger partial charge in [0.15, 0.2) is 5.43 Å². The molecule has 0 aliphatic carbocycles. The Hall–Kier alpha value is -4.39. The number of hydrogen-bond donors (Lipinski definition) is 4. The molecule has 0 fully saturated rings. The number of phenolic OH excluding ortho intramolecular Hbond substituents is 4. The summed E-state index contributed by atoms with van der Waals surface area (Å²) in [6, 6.07) is 14.2. The second kappa shape index (κ2) is 10.5. The van der Waals surface area contributed by atoms with Crippen LogP contribution in [0.25, 0.3) is 23.1 Å². The van der Waals surface area contributed by atoms with Crippen molar-refractivity contribution in [1.29, 1.82) is 0 Å². The van der Waals surface area contributed by atoms with Gasteiger partial charge in [-0.25, -0.2) is 0 Å². The Morgan fingerprint density at radius 1 is 0.861 bits per heavy atom. The van der Waals surface area contributed by atoms with E-state index < -0.39 is 0 Å². The van der Waals surface area contributed by atoms with Gasteiger partial charge in [0.2, 0.25) is 0 Å². The minimum absolute atomic E-state index is 0.00958. The van der Waals surface area contributed by atoms with Crippen LogP contribution in [0, 0.1) is 12.8 Å².